The van der Waals surface area contributed by atoms with E-state index in [1.54, 1.807) is 0 Å². The zero-order valence-electron chi connectivity index (χ0n) is 14.3. The Morgan fingerprint density at radius 3 is 2.43 bits per heavy atom. The summed E-state index contributed by atoms with van der Waals surface area (Å²) in [6.45, 7) is 9.42. The van der Waals surface area contributed by atoms with Crippen LogP contribution in [0.4, 0.5) is 10.5 Å². The largest absolute Gasteiger partial charge is 0.444 e. The molecule has 2 fully saturated rings. The highest BCUT2D eigenvalue weighted by Crippen LogP contribution is 2.42. The van der Waals surface area contributed by atoms with Crippen molar-refractivity contribution in [2.24, 2.45) is 5.41 Å². The smallest absolute Gasteiger partial charge is 0.410 e. The van der Waals surface area contributed by atoms with Gasteiger partial charge in [-0.25, -0.2) is 4.79 Å². The van der Waals surface area contributed by atoms with Crippen LogP contribution in [0.15, 0.2) is 24.3 Å². The molecule has 122 valence electrons. The van der Waals surface area contributed by atoms with E-state index >= 15 is 0 Å². The molecule has 0 bridgehead atoms. The lowest BCUT2D eigenvalue weighted by Gasteiger charge is -2.55. The molecule has 0 saturated carbocycles. The summed E-state index contributed by atoms with van der Waals surface area (Å²) in [6.07, 6.45) is 1.91. The van der Waals surface area contributed by atoms with Gasteiger partial charge < -0.3 is 14.5 Å². The summed E-state index contributed by atoms with van der Waals surface area (Å²) in [5.41, 5.74) is 1.93. The average molecular weight is 312 g/mol. The molecular formula is C18H25BN2O2. The molecule has 1 aromatic carbocycles. The quantitative estimate of drug-likeness (QED) is 0.746. The van der Waals surface area contributed by atoms with E-state index in [9.17, 15) is 4.79 Å². The summed E-state index contributed by atoms with van der Waals surface area (Å²) in [5, 5.41) is 0. The minimum absolute atomic E-state index is 0.181. The fraction of sp³-hybridized carbons (Fsp3) is 0.611. The molecule has 1 aromatic rings. The molecule has 3 rings (SSSR count). The van der Waals surface area contributed by atoms with E-state index < -0.39 is 5.60 Å². The van der Waals surface area contributed by atoms with Gasteiger partial charge in [-0.15, -0.1) is 0 Å². The Morgan fingerprint density at radius 1 is 1.22 bits per heavy atom. The first-order valence-electron chi connectivity index (χ1n) is 8.35. The van der Waals surface area contributed by atoms with E-state index in [0.29, 0.717) is 5.41 Å². The van der Waals surface area contributed by atoms with E-state index in [0.717, 1.165) is 44.5 Å². The third-order valence-electron chi connectivity index (χ3n) is 4.76. The Kier molecular flexibility index (Phi) is 4.07. The van der Waals surface area contributed by atoms with Crippen molar-refractivity contribution in [2.75, 3.05) is 31.1 Å². The zero-order valence-corrected chi connectivity index (χ0v) is 14.3. The molecule has 0 atom stereocenters. The number of anilines is 1. The molecule has 2 heterocycles. The Morgan fingerprint density at radius 2 is 1.87 bits per heavy atom. The second kappa shape index (κ2) is 5.77. The van der Waals surface area contributed by atoms with Crippen LogP contribution >= 0.6 is 0 Å². The Bertz CT molecular complexity index is 581. The third kappa shape index (κ3) is 3.65. The van der Waals surface area contributed by atoms with Crippen molar-refractivity contribution < 1.29 is 9.53 Å². The van der Waals surface area contributed by atoms with Gasteiger partial charge in [-0.2, -0.15) is 0 Å². The van der Waals surface area contributed by atoms with Crippen LogP contribution in [-0.2, 0) is 4.74 Å². The molecule has 0 aliphatic carbocycles. The van der Waals surface area contributed by atoms with Crippen molar-refractivity contribution in [3.8, 4) is 0 Å². The van der Waals surface area contributed by atoms with Gasteiger partial charge in [-0.1, -0.05) is 17.6 Å². The average Bonchev–Trinajstić information content (AvgIpc) is 2.43. The number of rotatable bonds is 1. The van der Waals surface area contributed by atoms with Crippen LogP contribution < -0.4 is 10.4 Å². The first-order valence-corrected chi connectivity index (χ1v) is 8.35. The van der Waals surface area contributed by atoms with Crippen molar-refractivity contribution in [1.29, 1.82) is 0 Å². The highest BCUT2D eigenvalue weighted by atomic mass is 16.6. The zero-order chi connectivity index (χ0) is 16.7. The molecule has 2 aliphatic rings. The van der Waals surface area contributed by atoms with Gasteiger partial charge in [0.15, 0.2) is 0 Å². The van der Waals surface area contributed by atoms with E-state index in [2.05, 4.69) is 11.0 Å². The third-order valence-corrected chi connectivity index (χ3v) is 4.76. The summed E-state index contributed by atoms with van der Waals surface area (Å²) in [7, 11) is 5.86. The lowest BCUT2D eigenvalue weighted by atomic mass is 9.71. The van der Waals surface area contributed by atoms with Crippen molar-refractivity contribution in [3.05, 3.63) is 24.3 Å². The molecule has 23 heavy (non-hydrogen) atoms. The first kappa shape index (κ1) is 16.2. The van der Waals surface area contributed by atoms with Crippen LogP contribution in [0, 0.1) is 5.41 Å². The summed E-state index contributed by atoms with van der Waals surface area (Å²) in [6, 6.07) is 8.06. The van der Waals surface area contributed by atoms with Gasteiger partial charge >= 0.3 is 6.09 Å². The Labute approximate surface area is 140 Å². The second-order valence-corrected chi connectivity index (χ2v) is 7.92. The number of ether oxygens (including phenoxy) is 1. The number of hydrogen-bond acceptors (Lipinski definition) is 3. The van der Waals surface area contributed by atoms with Gasteiger partial charge in [0, 0.05) is 37.3 Å². The van der Waals surface area contributed by atoms with Crippen molar-refractivity contribution in [1.82, 2.24) is 4.90 Å². The number of benzene rings is 1. The topological polar surface area (TPSA) is 32.8 Å². The Balaban J connectivity index is 1.52. The van der Waals surface area contributed by atoms with Gasteiger partial charge in [0.05, 0.1) is 0 Å². The normalized spacial score (nSPS) is 20.3. The van der Waals surface area contributed by atoms with Crippen molar-refractivity contribution >= 4 is 25.1 Å². The molecule has 1 amide bonds. The van der Waals surface area contributed by atoms with E-state index in [1.807, 2.05) is 43.9 Å². The van der Waals surface area contributed by atoms with Gasteiger partial charge in [0.1, 0.15) is 13.4 Å². The highest BCUT2D eigenvalue weighted by Gasteiger charge is 2.45. The van der Waals surface area contributed by atoms with Crippen LogP contribution in [0.1, 0.15) is 33.6 Å². The molecule has 5 heteroatoms. The van der Waals surface area contributed by atoms with Crippen LogP contribution in [0.2, 0.25) is 0 Å². The molecular weight excluding hydrogens is 287 g/mol. The highest BCUT2D eigenvalue weighted by molar-refractivity contribution is 6.32. The SMILES string of the molecule is [B]c1cccc(N2CC3(CCN(C(=O)OC(C)(C)C)CC3)C2)c1. The second-order valence-electron chi connectivity index (χ2n) is 7.92. The van der Waals surface area contributed by atoms with E-state index in [-0.39, 0.29) is 6.09 Å². The number of nitrogens with zero attached hydrogens (tertiary/aromatic N) is 2. The number of piperidine rings is 1. The predicted molar refractivity (Wildman–Crippen MR) is 93.5 cm³/mol. The van der Waals surface area contributed by atoms with Gasteiger partial charge in [0.25, 0.3) is 0 Å². The van der Waals surface area contributed by atoms with Crippen LogP contribution in [0.5, 0.6) is 0 Å². The fourth-order valence-electron chi connectivity index (χ4n) is 3.47. The maximum absolute atomic E-state index is 12.1. The van der Waals surface area contributed by atoms with E-state index in [4.69, 9.17) is 12.6 Å². The molecule has 0 N–H and O–H groups in total. The number of likely N-dealkylation sites (tertiary alicyclic amines) is 1. The first-order chi connectivity index (χ1) is 10.8. The number of carbonyl (C=O) groups is 1. The summed E-state index contributed by atoms with van der Waals surface area (Å²) in [5.74, 6) is 0. The monoisotopic (exact) mass is 312 g/mol. The van der Waals surface area contributed by atoms with Gasteiger partial charge in [-0.05, 0) is 45.7 Å². The summed E-state index contributed by atoms with van der Waals surface area (Å²) >= 11 is 0. The molecule has 2 radical (unpaired) electrons. The maximum Gasteiger partial charge on any atom is 0.410 e. The number of carbonyl (C=O) groups excluding carboxylic acids is 1. The lowest BCUT2D eigenvalue weighted by molar-refractivity contribution is 0.00598. The predicted octanol–water partition coefficient (Wildman–Crippen LogP) is 2.32. The molecule has 0 aromatic heterocycles. The van der Waals surface area contributed by atoms with Crippen LogP contribution in [-0.4, -0.2) is 50.6 Å². The number of amides is 1. The van der Waals surface area contributed by atoms with Crippen molar-refractivity contribution in [3.63, 3.8) is 0 Å². The molecule has 1 spiro atoms. The van der Waals surface area contributed by atoms with Crippen molar-refractivity contribution in [2.45, 2.75) is 39.2 Å². The van der Waals surface area contributed by atoms with Crippen LogP contribution in [0.3, 0.4) is 0 Å². The molecule has 2 aliphatic heterocycles. The summed E-state index contributed by atoms with van der Waals surface area (Å²) in [4.78, 5) is 16.4. The molecule has 2 saturated heterocycles. The minimum atomic E-state index is -0.424. The minimum Gasteiger partial charge on any atom is -0.444 e. The molecule has 4 nitrogen and oxygen atoms in total. The maximum atomic E-state index is 12.1. The molecule has 0 unspecified atom stereocenters. The lowest BCUT2D eigenvalue weighted by Crippen LogP contribution is -2.61. The van der Waals surface area contributed by atoms with Crippen LogP contribution in [0.25, 0.3) is 0 Å². The fourth-order valence-corrected chi connectivity index (χ4v) is 3.47. The summed E-state index contributed by atoms with van der Waals surface area (Å²) < 4.78 is 5.46. The van der Waals surface area contributed by atoms with E-state index in [1.165, 1.54) is 5.69 Å². The Hall–Kier alpha value is -1.65. The van der Waals surface area contributed by atoms with Gasteiger partial charge in [-0.3, -0.25) is 0 Å². The standard InChI is InChI=1S/C18H25BN2O2/c1-17(2,3)23-16(22)20-9-7-18(8-10-20)12-21(13-18)15-6-4-5-14(19)11-15/h4-6,11H,7-10,12-13H2,1-3H3. The number of hydrogen-bond donors (Lipinski definition) is 0. The van der Waals surface area contributed by atoms with Gasteiger partial charge in [0.2, 0.25) is 0 Å².